The maximum absolute atomic E-state index is 10.9. The van der Waals surface area contributed by atoms with Crippen LogP contribution in [0.15, 0.2) is 22.7 Å². The van der Waals surface area contributed by atoms with Crippen molar-refractivity contribution in [3.63, 3.8) is 0 Å². The van der Waals surface area contributed by atoms with Gasteiger partial charge in [0.2, 0.25) is 9.05 Å². The molecule has 0 spiro atoms. The lowest BCUT2D eigenvalue weighted by molar-refractivity contribution is 0.411. The molecule has 0 heterocycles. The zero-order chi connectivity index (χ0) is 10.8. The second kappa shape index (κ2) is 4.51. The van der Waals surface area contributed by atoms with Crippen LogP contribution in [0.1, 0.15) is 5.56 Å². The fourth-order valence-electron chi connectivity index (χ4n) is 1.05. The van der Waals surface area contributed by atoms with Gasteiger partial charge in [0, 0.05) is 20.7 Å². The van der Waals surface area contributed by atoms with Gasteiger partial charge in [-0.2, -0.15) is 0 Å². The van der Waals surface area contributed by atoms with Crippen LogP contribution in [-0.2, 0) is 14.8 Å². The summed E-state index contributed by atoms with van der Waals surface area (Å²) in [6.45, 7) is 0. The second-order valence-corrected chi connectivity index (χ2v) is 6.33. The van der Waals surface area contributed by atoms with Crippen molar-refractivity contribution < 1.29 is 13.2 Å². The molecule has 0 amide bonds. The highest BCUT2D eigenvalue weighted by atomic mass is 79.9. The minimum atomic E-state index is -3.56. The SMILES string of the molecule is COc1ccc(Br)cc1CS(=O)(=O)Cl. The molecule has 14 heavy (non-hydrogen) atoms. The third-order valence-corrected chi connectivity index (χ3v) is 3.05. The van der Waals surface area contributed by atoms with E-state index in [0.717, 1.165) is 4.47 Å². The number of benzene rings is 1. The summed E-state index contributed by atoms with van der Waals surface area (Å²) in [5.41, 5.74) is 0.539. The number of methoxy groups -OCH3 is 1. The quantitative estimate of drug-likeness (QED) is 0.806. The Hall–Kier alpha value is -0.260. The number of hydrogen-bond acceptors (Lipinski definition) is 3. The molecule has 3 nitrogen and oxygen atoms in total. The molecule has 0 saturated heterocycles. The summed E-state index contributed by atoms with van der Waals surface area (Å²) in [5.74, 6) is 0.273. The van der Waals surface area contributed by atoms with Gasteiger partial charge in [0.25, 0.3) is 0 Å². The summed E-state index contributed by atoms with van der Waals surface area (Å²) in [7, 11) is 3.07. The predicted octanol–water partition coefficient (Wildman–Crippen LogP) is 2.53. The summed E-state index contributed by atoms with van der Waals surface area (Å²) in [6.07, 6.45) is 0. The van der Waals surface area contributed by atoms with Crippen molar-refractivity contribution in [3.8, 4) is 5.75 Å². The summed E-state index contributed by atoms with van der Waals surface area (Å²) in [5, 5.41) is 0. The Morgan fingerprint density at radius 3 is 2.64 bits per heavy atom. The molecule has 0 bridgehead atoms. The number of hydrogen-bond donors (Lipinski definition) is 0. The molecule has 0 radical (unpaired) electrons. The van der Waals surface area contributed by atoms with Gasteiger partial charge in [0.15, 0.2) is 0 Å². The molecule has 1 rings (SSSR count). The van der Waals surface area contributed by atoms with E-state index in [9.17, 15) is 8.42 Å². The summed E-state index contributed by atoms with van der Waals surface area (Å²) < 4.78 is 27.5. The molecule has 0 aliphatic rings. The van der Waals surface area contributed by atoms with Gasteiger partial charge in [0.1, 0.15) is 5.75 Å². The van der Waals surface area contributed by atoms with Crippen molar-refractivity contribution in [2.24, 2.45) is 0 Å². The Morgan fingerprint density at radius 1 is 1.50 bits per heavy atom. The number of rotatable bonds is 3. The topological polar surface area (TPSA) is 43.4 Å². The summed E-state index contributed by atoms with van der Waals surface area (Å²) >= 11 is 3.24. The number of ether oxygens (including phenoxy) is 1. The minimum absolute atomic E-state index is 0.239. The molecular weight excluding hydrogens is 292 g/mol. The van der Waals surface area contributed by atoms with E-state index in [-0.39, 0.29) is 5.75 Å². The van der Waals surface area contributed by atoms with Crippen molar-refractivity contribution in [2.75, 3.05) is 7.11 Å². The molecule has 1 aromatic rings. The lowest BCUT2D eigenvalue weighted by Gasteiger charge is -2.06. The van der Waals surface area contributed by atoms with E-state index in [1.807, 2.05) is 0 Å². The van der Waals surface area contributed by atoms with Crippen LogP contribution in [0.2, 0.25) is 0 Å². The van der Waals surface area contributed by atoms with Gasteiger partial charge in [-0.25, -0.2) is 8.42 Å². The fourth-order valence-corrected chi connectivity index (χ4v) is 2.40. The van der Waals surface area contributed by atoms with Gasteiger partial charge in [0.05, 0.1) is 12.9 Å². The Bertz CT molecular complexity index is 430. The maximum atomic E-state index is 10.9. The fraction of sp³-hybridized carbons (Fsp3) is 0.250. The van der Waals surface area contributed by atoms with Crippen molar-refractivity contribution >= 4 is 35.7 Å². The minimum Gasteiger partial charge on any atom is -0.496 e. The van der Waals surface area contributed by atoms with Crippen LogP contribution in [0.25, 0.3) is 0 Å². The smallest absolute Gasteiger partial charge is 0.236 e. The first-order valence-electron chi connectivity index (χ1n) is 3.67. The van der Waals surface area contributed by atoms with Crippen LogP contribution < -0.4 is 4.74 Å². The van der Waals surface area contributed by atoms with Crippen LogP contribution in [0.4, 0.5) is 0 Å². The van der Waals surface area contributed by atoms with E-state index >= 15 is 0 Å². The van der Waals surface area contributed by atoms with Gasteiger partial charge < -0.3 is 4.74 Å². The third-order valence-electron chi connectivity index (χ3n) is 1.57. The lowest BCUT2D eigenvalue weighted by Crippen LogP contribution is -1.98. The first-order chi connectivity index (χ1) is 6.42. The first kappa shape index (κ1) is 11.8. The third kappa shape index (κ3) is 3.48. The molecule has 0 unspecified atom stereocenters. The first-order valence-corrected chi connectivity index (χ1v) is 6.94. The standard InChI is InChI=1S/C8H8BrClO3S/c1-13-8-3-2-7(9)4-6(8)5-14(10,11)12/h2-4H,5H2,1H3. The Balaban J connectivity index is 3.11. The molecular formula is C8H8BrClO3S. The van der Waals surface area contributed by atoms with Crippen LogP contribution >= 0.6 is 26.6 Å². The van der Waals surface area contributed by atoms with Crippen LogP contribution in [0.5, 0.6) is 5.75 Å². The van der Waals surface area contributed by atoms with Gasteiger partial charge in [-0.1, -0.05) is 15.9 Å². The zero-order valence-corrected chi connectivity index (χ0v) is 10.5. The van der Waals surface area contributed by atoms with Crippen molar-refractivity contribution in [3.05, 3.63) is 28.2 Å². The molecule has 0 atom stereocenters. The average Bonchev–Trinajstić information content (AvgIpc) is 2.01. The van der Waals surface area contributed by atoms with Gasteiger partial charge in [-0.15, -0.1) is 0 Å². The van der Waals surface area contributed by atoms with Crippen molar-refractivity contribution in [1.29, 1.82) is 0 Å². The second-order valence-electron chi connectivity index (χ2n) is 2.64. The molecule has 0 aliphatic carbocycles. The van der Waals surface area contributed by atoms with E-state index in [1.54, 1.807) is 18.2 Å². The predicted molar refractivity (Wildman–Crippen MR) is 59.2 cm³/mol. The van der Waals surface area contributed by atoms with E-state index in [1.165, 1.54) is 7.11 Å². The molecule has 78 valence electrons. The molecule has 6 heteroatoms. The monoisotopic (exact) mass is 298 g/mol. The van der Waals surface area contributed by atoms with Gasteiger partial charge >= 0.3 is 0 Å². The molecule has 1 aromatic carbocycles. The van der Waals surface area contributed by atoms with E-state index in [2.05, 4.69) is 15.9 Å². The molecule has 0 saturated carbocycles. The normalized spacial score (nSPS) is 11.4. The largest absolute Gasteiger partial charge is 0.496 e. The highest BCUT2D eigenvalue weighted by molar-refractivity contribution is 9.10. The summed E-state index contributed by atoms with van der Waals surface area (Å²) in [4.78, 5) is 0. The lowest BCUT2D eigenvalue weighted by atomic mass is 10.2. The highest BCUT2D eigenvalue weighted by Crippen LogP contribution is 2.25. The van der Waals surface area contributed by atoms with E-state index in [0.29, 0.717) is 11.3 Å². The Morgan fingerprint density at radius 2 is 2.14 bits per heavy atom. The van der Waals surface area contributed by atoms with Crippen molar-refractivity contribution in [2.45, 2.75) is 5.75 Å². The molecule has 0 aliphatic heterocycles. The van der Waals surface area contributed by atoms with Gasteiger partial charge in [-0.05, 0) is 18.2 Å². The number of halogens is 2. The molecule has 0 N–H and O–H groups in total. The average molecular weight is 300 g/mol. The van der Waals surface area contributed by atoms with Crippen molar-refractivity contribution in [1.82, 2.24) is 0 Å². The maximum Gasteiger partial charge on any atom is 0.236 e. The molecule has 0 fully saturated rings. The van der Waals surface area contributed by atoms with Crippen LogP contribution in [-0.4, -0.2) is 15.5 Å². The zero-order valence-electron chi connectivity index (χ0n) is 7.33. The van der Waals surface area contributed by atoms with Gasteiger partial charge in [-0.3, -0.25) is 0 Å². The highest BCUT2D eigenvalue weighted by Gasteiger charge is 2.12. The Labute approximate surface area is 95.6 Å². The van der Waals surface area contributed by atoms with Crippen LogP contribution in [0, 0.1) is 0 Å². The van der Waals surface area contributed by atoms with Crippen LogP contribution in [0.3, 0.4) is 0 Å². The van der Waals surface area contributed by atoms with E-state index < -0.39 is 9.05 Å². The molecule has 0 aromatic heterocycles. The Kier molecular flexibility index (Phi) is 3.80. The summed E-state index contributed by atoms with van der Waals surface area (Å²) in [6, 6.07) is 5.11. The van der Waals surface area contributed by atoms with E-state index in [4.69, 9.17) is 15.4 Å².